The summed E-state index contributed by atoms with van der Waals surface area (Å²) in [6.45, 7) is 9.66. The number of nitrogens with zero attached hydrogens (tertiary/aromatic N) is 1. The molecule has 0 aromatic rings. The summed E-state index contributed by atoms with van der Waals surface area (Å²) in [5.41, 5.74) is 6.83. The molecule has 0 amide bonds. The van der Waals surface area contributed by atoms with E-state index in [1.54, 1.807) is 0 Å². The second kappa shape index (κ2) is 7.43. The van der Waals surface area contributed by atoms with Gasteiger partial charge in [0.05, 0.1) is 6.61 Å². The van der Waals surface area contributed by atoms with Gasteiger partial charge in [-0.3, -0.25) is 4.90 Å². The van der Waals surface area contributed by atoms with E-state index >= 15 is 0 Å². The van der Waals surface area contributed by atoms with E-state index in [0.717, 1.165) is 25.4 Å². The van der Waals surface area contributed by atoms with Crippen LogP contribution in [0.1, 0.15) is 65.7 Å². The SMILES string of the molecule is CC(C)(C)C1CCC(N)C(CN2CCCCCC2CO)C1. The van der Waals surface area contributed by atoms with Gasteiger partial charge in [0.25, 0.3) is 0 Å². The van der Waals surface area contributed by atoms with Gasteiger partial charge in [-0.05, 0) is 55.9 Å². The van der Waals surface area contributed by atoms with Crippen molar-refractivity contribution in [2.24, 2.45) is 23.0 Å². The highest BCUT2D eigenvalue weighted by atomic mass is 16.3. The number of likely N-dealkylation sites (tertiary alicyclic amines) is 1. The van der Waals surface area contributed by atoms with Crippen molar-refractivity contribution in [3.63, 3.8) is 0 Å². The summed E-state index contributed by atoms with van der Waals surface area (Å²) in [7, 11) is 0. The van der Waals surface area contributed by atoms with Crippen LogP contribution in [-0.4, -0.2) is 41.8 Å². The first-order valence-electron chi connectivity index (χ1n) is 9.02. The summed E-state index contributed by atoms with van der Waals surface area (Å²) in [4.78, 5) is 2.54. The molecule has 3 heteroatoms. The molecule has 1 aliphatic carbocycles. The molecular weight excluding hydrogens is 260 g/mol. The molecule has 0 radical (unpaired) electrons. The Balaban J connectivity index is 1.98. The summed E-state index contributed by atoms with van der Waals surface area (Å²) in [5, 5.41) is 9.69. The molecule has 0 spiro atoms. The molecule has 1 saturated carbocycles. The van der Waals surface area contributed by atoms with Crippen molar-refractivity contribution in [1.29, 1.82) is 0 Å². The van der Waals surface area contributed by atoms with Crippen LogP contribution in [0.25, 0.3) is 0 Å². The fourth-order valence-corrected chi connectivity index (χ4v) is 4.27. The Morgan fingerprint density at radius 3 is 2.52 bits per heavy atom. The van der Waals surface area contributed by atoms with E-state index in [-0.39, 0.29) is 0 Å². The summed E-state index contributed by atoms with van der Waals surface area (Å²) in [6, 6.07) is 0.723. The summed E-state index contributed by atoms with van der Waals surface area (Å²) >= 11 is 0. The predicted octanol–water partition coefficient (Wildman–Crippen LogP) is 3.01. The van der Waals surface area contributed by atoms with Gasteiger partial charge in [0.1, 0.15) is 0 Å². The smallest absolute Gasteiger partial charge is 0.0586 e. The lowest BCUT2D eigenvalue weighted by molar-refractivity contribution is 0.0655. The van der Waals surface area contributed by atoms with Gasteiger partial charge in [0.15, 0.2) is 0 Å². The van der Waals surface area contributed by atoms with Gasteiger partial charge in [-0.2, -0.15) is 0 Å². The standard InChI is InChI=1S/C18H36N2O/c1-18(2,3)15-8-9-17(19)14(11-15)12-20-10-6-4-5-7-16(20)13-21/h14-17,21H,4-13,19H2,1-3H3. The molecule has 3 N–H and O–H groups in total. The molecule has 0 bridgehead atoms. The Labute approximate surface area is 131 Å². The first-order chi connectivity index (χ1) is 9.91. The first-order valence-corrected chi connectivity index (χ1v) is 9.02. The Kier molecular flexibility index (Phi) is 6.10. The Morgan fingerprint density at radius 1 is 1.10 bits per heavy atom. The van der Waals surface area contributed by atoms with Gasteiger partial charge in [-0.15, -0.1) is 0 Å². The number of hydrogen-bond donors (Lipinski definition) is 2. The molecule has 1 saturated heterocycles. The van der Waals surface area contributed by atoms with E-state index in [0.29, 0.717) is 30.0 Å². The van der Waals surface area contributed by atoms with Gasteiger partial charge in [0, 0.05) is 18.6 Å². The molecule has 1 heterocycles. The van der Waals surface area contributed by atoms with Crippen molar-refractivity contribution in [3.05, 3.63) is 0 Å². The zero-order valence-electron chi connectivity index (χ0n) is 14.4. The van der Waals surface area contributed by atoms with E-state index in [4.69, 9.17) is 5.73 Å². The molecular formula is C18H36N2O. The highest BCUT2D eigenvalue weighted by Crippen LogP contribution is 2.40. The van der Waals surface area contributed by atoms with Crippen molar-refractivity contribution in [1.82, 2.24) is 4.90 Å². The zero-order chi connectivity index (χ0) is 15.5. The molecule has 3 nitrogen and oxygen atoms in total. The number of aliphatic hydroxyl groups is 1. The van der Waals surface area contributed by atoms with Crippen LogP contribution in [-0.2, 0) is 0 Å². The van der Waals surface area contributed by atoms with Crippen LogP contribution >= 0.6 is 0 Å². The van der Waals surface area contributed by atoms with Crippen molar-refractivity contribution in [2.45, 2.75) is 77.8 Å². The topological polar surface area (TPSA) is 49.5 Å². The number of nitrogens with two attached hydrogens (primary N) is 1. The van der Waals surface area contributed by atoms with Crippen LogP contribution in [0.3, 0.4) is 0 Å². The van der Waals surface area contributed by atoms with E-state index in [9.17, 15) is 5.11 Å². The average Bonchev–Trinajstić information content (AvgIpc) is 2.65. The fraction of sp³-hybridized carbons (Fsp3) is 1.00. The molecule has 124 valence electrons. The molecule has 0 aromatic heterocycles. The lowest BCUT2D eigenvalue weighted by Gasteiger charge is -2.43. The summed E-state index contributed by atoms with van der Waals surface area (Å²) in [5.74, 6) is 1.40. The minimum atomic E-state index is 0.310. The number of hydrogen-bond acceptors (Lipinski definition) is 3. The van der Waals surface area contributed by atoms with Gasteiger partial charge >= 0.3 is 0 Å². The lowest BCUT2D eigenvalue weighted by atomic mass is 9.67. The number of aliphatic hydroxyl groups excluding tert-OH is 1. The Hall–Kier alpha value is -0.120. The van der Waals surface area contributed by atoms with E-state index in [1.165, 1.54) is 38.5 Å². The van der Waals surface area contributed by atoms with Crippen LogP contribution in [0.4, 0.5) is 0 Å². The van der Waals surface area contributed by atoms with Crippen LogP contribution in [0.5, 0.6) is 0 Å². The number of rotatable bonds is 3. The zero-order valence-corrected chi connectivity index (χ0v) is 14.4. The summed E-state index contributed by atoms with van der Waals surface area (Å²) in [6.07, 6.45) is 8.73. The molecule has 4 atom stereocenters. The van der Waals surface area contributed by atoms with Crippen molar-refractivity contribution < 1.29 is 5.11 Å². The molecule has 2 fully saturated rings. The second-order valence-electron chi connectivity index (χ2n) is 8.48. The molecule has 2 aliphatic rings. The molecule has 1 aliphatic heterocycles. The highest BCUT2D eigenvalue weighted by Gasteiger charge is 2.36. The molecule has 21 heavy (non-hydrogen) atoms. The highest BCUT2D eigenvalue weighted by molar-refractivity contribution is 4.90. The first kappa shape index (κ1) is 17.2. The van der Waals surface area contributed by atoms with E-state index in [1.807, 2.05) is 0 Å². The van der Waals surface area contributed by atoms with Crippen LogP contribution in [0.15, 0.2) is 0 Å². The molecule has 0 aromatic carbocycles. The van der Waals surface area contributed by atoms with Crippen molar-refractivity contribution >= 4 is 0 Å². The van der Waals surface area contributed by atoms with Gasteiger partial charge in [-0.25, -0.2) is 0 Å². The van der Waals surface area contributed by atoms with Crippen LogP contribution in [0, 0.1) is 17.3 Å². The predicted molar refractivity (Wildman–Crippen MR) is 89.2 cm³/mol. The third kappa shape index (κ3) is 4.67. The van der Waals surface area contributed by atoms with Crippen molar-refractivity contribution in [3.8, 4) is 0 Å². The second-order valence-corrected chi connectivity index (χ2v) is 8.48. The normalized spacial score (nSPS) is 36.4. The van der Waals surface area contributed by atoms with E-state index < -0.39 is 0 Å². The maximum Gasteiger partial charge on any atom is 0.0586 e. The maximum atomic E-state index is 9.69. The summed E-state index contributed by atoms with van der Waals surface area (Å²) < 4.78 is 0. The molecule has 2 rings (SSSR count). The largest absolute Gasteiger partial charge is 0.395 e. The Bertz CT molecular complexity index is 313. The van der Waals surface area contributed by atoms with Gasteiger partial charge in [0.2, 0.25) is 0 Å². The van der Waals surface area contributed by atoms with E-state index in [2.05, 4.69) is 25.7 Å². The lowest BCUT2D eigenvalue weighted by Crippen LogP contribution is -2.48. The quantitative estimate of drug-likeness (QED) is 0.841. The van der Waals surface area contributed by atoms with Crippen molar-refractivity contribution in [2.75, 3.05) is 19.7 Å². The minimum absolute atomic E-state index is 0.310. The molecule has 4 unspecified atom stereocenters. The van der Waals surface area contributed by atoms with Gasteiger partial charge in [-0.1, -0.05) is 33.6 Å². The average molecular weight is 296 g/mol. The monoisotopic (exact) mass is 296 g/mol. The van der Waals surface area contributed by atoms with Gasteiger partial charge < -0.3 is 10.8 Å². The maximum absolute atomic E-state index is 9.69. The minimum Gasteiger partial charge on any atom is -0.395 e. The Morgan fingerprint density at radius 2 is 1.86 bits per heavy atom. The third-order valence-corrected chi connectivity index (χ3v) is 5.94. The van der Waals surface area contributed by atoms with Crippen LogP contribution < -0.4 is 5.73 Å². The van der Waals surface area contributed by atoms with Crippen LogP contribution in [0.2, 0.25) is 0 Å². The fourth-order valence-electron chi connectivity index (χ4n) is 4.27. The third-order valence-electron chi connectivity index (χ3n) is 5.94.